The molecule has 1 N–H and O–H groups in total. The molecule has 86 valence electrons. The van der Waals surface area contributed by atoms with Crippen molar-refractivity contribution in [2.75, 3.05) is 19.5 Å². The summed E-state index contributed by atoms with van der Waals surface area (Å²) in [7, 11) is 3.23. The maximum atomic E-state index is 5.14. The van der Waals surface area contributed by atoms with Gasteiger partial charge in [-0.3, -0.25) is 0 Å². The second-order valence-electron chi connectivity index (χ2n) is 3.13. The van der Waals surface area contributed by atoms with Crippen molar-refractivity contribution in [3.05, 3.63) is 5.01 Å². The second-order valence-corrected chi connectivity index (χ2v) is 4.19. The Hall–Kier alpha value is -0.720. The highest BCUT2D eigenvalue weighted by Crippen LogP contribution is 2.17. The van der Waals surface area contributed by atoms with E-state index in [2.05, 4.69) is 22.4 Å². The zero-order valence-electron chi connectivity index (χ0n) is 9.48. The molecule has 0 saturated carbocycles. The predicted octanol–water partition coefficient (Wildman–Crippen LogP) is 1.52. The van der Waals surface area contributed by atoms with Crippen molar-refractivity contribution in [3.8, 4) is 0 Å². The number of hydrogen-bond acceptors (Lipinski definition) is 6. The summed E-state index contributed by atoms with van der Waals surface area (Å²) in [4.78, 5) is 0. The van der Waals surface area contributed by atoms with E-state index in [9.17, 15) is 0 Å². The Labute approximate surface area is 93.8 Å². The number of nitrogens with zero attached hydrogens (tertiary/aromatic N) is 2. The lowest BCUT2D eigenvalue weighted by Crippen LogP contribution is -2.33. The van der Waals surface area contributed by atoms with Crippen LogP contribution < -0.4 is 5.32 Å². The Bertz CT molecular complexity index is 289. The molecule has 0 aromatic carbocycles. The lowest BCUT2D eigenvalue weighted by Gasteiger charge is -2.21. The van der Waals surface area contributed by atoms with E-state index in [4.69, 9.17) is 9.47 Å². The van der Waals surface area contributed by atoms with Crippen LogP contribution in [0.4, 0.5) is 5.13 Å². The van der Waals surface area contributed by atoms with Gasteiger partial charge in [0.1, 0.15) is 5.01 Å². The van der Waals surface area contributed by atoms with E-state index in [1.54, 1.807) is 25.6 Å². The van der Waals surface area contributed by atoms with Crippen LogP contribution in [0.2, 0.25) is 0 Å². The van der Waals surface area contributed by atoms with Gasteiger partial charge in [-0.25, -0.2) is 0 Å². The van der Waals surface area contributed by atoms with Crippen molar-refractivity contribution in [2.24, 2.45) is 0 Å². The van der Waals surface area contributed by atoms with E-state index >= 15 is 0 Å². The zero-order valence-corrected chi connectivity index (χ0v) is 10.3. The van der Waals surface area contributed by atoms with Crippen LogP contribution in [0.3, 0.4) is 0 Å². The summed E-state index contributed by atoms with van der Waals surface area (Å²) >= 11 is 1.56. The summed E-state index contributed by atoms with van der Waals surface area (Å²) in [6.45, 7) is 4.03. The summed E-state index contributed by atoms with van der Waals surface area (Å²) < 4.78 is 10.3. The molecule has 1 aromatic rings. The minimum absolute atomic E-state index is 0.0395. The van der Waals surface area contributed by atoms with Crippen LogP contribution in [-0.4, -0.2) is 36.7 Å². The van der Waals surface area contributed by atoms with Gasteiger partial charge in [-0.15, -0.1) is 10.2 Å². The molecule has 0 amide bonds. The number of nitrogens with one attached hydrogen (secondary N) is 1. The normalized spacial score (nSPS) is 13.1. The molecule has 0 radical (unpaired) electrons. The molecule has 0 aliphatic heterocycles. The topological polar surface area (TPSA) is 56.3 Å². The average Bonchev–Trinajstić information content (AvgIpc) is 2.67. The molecule has 0 fully saturated rings. The number of methoxy groups -OCH3 is 2. The van der Waals surface area contributed by atoms with E-state index < -0.39 is 0 Å². The predicted molar refractivity (Wildman–Crippen MR) is 60.2 cm³/mol. The molecule has 0 aliphatic carbocycles. The highest BCUT2D eigenvalue weighted by molar-refractivity contribution is 7.15. The highest BCUT2D eigenvalue weighted by Gasteiger charge is 2.16. The summed E-state index contributed by atoms with van der Waals surface area (Å²) in [5, 5.41) is 13.1. The quantitative estimate of drug-likeness (QED) is 0.752. The molecule has 0 aliphatic rings. The minimum atomic E-state index is -0.279. The second kappa shape index (κ2) is 5.99. The summed E-state index contributed by atoms with van der Waals surface area (Å²) in [6.07, 6.45) is 0.630. The first-order valence-electron chi connectivity index (χ1n) is 4.85. The molecule has 0 spiro atoms. The van der Waals surface area contributed by atoms with E-state index in [-0.39, 0.29) is 12.3 Å². The zero-order chi connectivity index (χ0) is 11.3. The lowest BCUT2D eigenvalue weighted by atomic mass is 10.3. The van der Waals surface area contributed by atoms with Gasteiger partial charge in [0.25, 0.3) is 0 Å². The Kier molecular flexibility index (Phi) is 4.93. The first kappa shape index (κ1) is 12.4. The SMILES string of the molecule is CCc1nnc(NC(C)C(OC)OC)s1. The highest BCUT2D eigenvalue weighted by atomic mass is 32.1. The van der Waals surface area contributed by atoms with Gasteiger partial charge in [-0.1, -0.05) is 18.3 Å². The van der Waals surface area contributed by atoms with Crippen molar-refractivity contribution in [3.63, 3.8) is 0 Å². The number of rotatable bonds is 6. The molecule has 1 atom stereocenters. The van der Waals surface area contributed by atoms with Crippen LogP contribution in [0.1, 0.15) is 18.9 Å². The van der Waals surface area contributed by atoms with Gasteiger partial charge in [0, 0.05) is 14.2 Å². The Morgan fingerprint density at radius 3 is 2.47 bits per heavy atom. The Morgan fingerprint density at radius 1 is 1.33 bits per heavy atom. The van der Waals surface area contributed by atoms with Crippen LogP contribution >= 0.6 is 11.3 Å². The van der Waals surface area contributed by atoms with Gasteiger partial charge < -0.3 is 14.8 Å². The first-order valence-corrected chi connectivity index (χ1v) is 5.67. The van der Waals surface area contributed by atoms with Gasteiger partial charge in [-0.2, -0.15) is 0 Å². The van der Waals surface area contributed by atoms with Crippen molar-refractivity contribution in [1.29, 1.82) is 0 Å². The fraction of sp³-hybridized carbons (Fsp3) is 0.778. The molecule has 1 heterocycles. The molecular weight excluding hydrogens is 214 g/mol. The lowest BCUT2D eigenvalue weighted by molar-refractivity contribution is -0.109. The van der Waals surface area contributed by atoms with Crippen LogP contribution in [0.5, 0.6) is 0 Å². The van der Waals surface area contributed by atoms with Crippen molar-refractivity contribution < 1.29 is 9.47 Å². The maximum absolute atomic E-state index is 5.14. The summed E-state index contributed by atoms with van der Waals surface area (Å²) in [5.74, 6) is 0. The van der Waals surface area contributed by atoms with E-state index in [1.165, 1.54) is 0 Å². The Balaban J connectivity index is 2.53. The number of anilines is 1. The third-order valence-electron chi connectivity index (χ3n) is 1.99. The third kappa shape index (κ3) is 3.40. The van der Waals surface area contributed by atoms with Gasteiger partial charge in [-0.05, 0) is 13.3 Å². The average molecular weight is 231 g/mol. The molecular formula is C9H17N3O2S. The summed E-state index contributed by atoms with van der Waals surface area (Å²) in [5.41, 5.74) is 0. The smallest absolute Gasteiger partial charge is 0.206 e. The molecule has 1 rings (SSSR count). The molecule has 5 nitrogen and oxygen atoms in total. The van der Waals surface area contributed by atoms with Crippen LogP contribution in [0.25, 0.3) is 0 Å². The molecule has 1 unspecified atom stereocenters. The third-order valence-corrected chi connectivity index (χ3v) is 2.99. The molecule has 15 heavy (non-hydrogen) atoms. The fourth-order valence-corrected chi connectivity index (χ4v) is 2.00. The minimum Gasteiger partial charge on any atom is -0.354 e. The van der Waals surface area contributed by atoms with Crippen LogP contribution in [0.15, 0.2) is 0 Å². The van der Waals surface area contributed by atoms with Gasteiger partial charge in [0.05, 0.1) is 6.04 Å². The largest absolute Gasteiger partial charge is 0.354 e. The van der Waals surface area contributed by atoms with Gasteiger partial charge >= 0.3 is 0 Å². The number of aryl methyl sites for hydroxylation is 1. The molecule has 1 aromatic heterocycles. The first-order chi connectivity index (χ1) is 7.21. The van der Waals surface area contributed by atoms with Crippen molar-refractivity contribution >= 4 is 16.5 Å². The number of ether oxygens (including phenoxy) is 2. The summed E-state index contributed by atoms with van der Waals surface area (Å²) in [6, 6.07) is 0.0395. The van der Waals surface area contributed by atoms with Crippen LogP contribution in [-0.2, 0) is 15.9 Å². The van der Waals surface area contributed by atoms with Crippen molar-refractivity contribution in [1.82, 2.24) is 10.2 Å². The van der Waals surface area contributed by atoms with E-state index in [1.807, 2.05) is 6.92 Å². The van der Waals surface area contributed by atoms with E-state index in [0.29, 0.717) is 0 Å². The van der Waals surface area contributed by atoms with Crippen LogP contribution in [0, 0.1) is 0 Å². The maximum Gasteiger partial charge on any atom is 0.206 e. The monoisotopic (exact) mass is 231 g/mol. The number of hydrogen-bond donors (Lipinski definition) is 1. The van der Waals surface area contributed by atoms with Crippen molar-refractivity contribution in [2.45, 2.75) is 32.6 Å². The fourth-order valence-electron chi connectivity index (χ4n) is 1.22. The van der Waals surface area contributed by atoms with Gasteiger partial charge in [0.2, 0.25) is 5.13 Å². The number of aromatic nitrogens is 2. The molecule has 6 heteroatoms. The standard InChI is InChI=1S/C9H17N3O2S/c1-5-7-11-12-9(15-7)10-6(2)8(13-3)14-4/h6,8H,5H2,1-4H3,(H,10,12). The van der Waals surface area contributed by atoms with Gasteiger partial charge in [0.15, 0.2) is 6.29 Å². The molecule has 0 bridgehead atoms. The Morgan fingerprint density at radius 2 is 2.00 bits per heavy atom. The molecule has 0 saturated heterocycles. The van der Waals surface area contributed by atoms with E-state index in [0.717, 1.165) is 16.6 Å².